The molecule has 0 saturated heterocycles. The van der Waals surface area contributed by atoms with Crippen LogP contribution in [0.25, 0.3) is 5.57 Å². The lowest BCUT2D eigenvalue weighted by Gasteiger charge is -2.10. The van der Waals surface area contributed by atoms with Gasteiger partial charge in [0.15, 0.2) is 0 Å². The molecule has 0 nitrogen and oxygen atoms in total. The lowest BCUT2D eigenvalue weighted by Crippen LogP contribution is -2.09. The molecule has 0 amide bonds. The predicted molar refractivity (Wildman–Crippen MR) is 75.4 cm³/mol. The van der Waals surface area contributed by atoms with Crippen LogP contribution in [0, 0.1) is 0 Å². The molecule has 0 N–H and O–H groups in total. The zero-order valence-electron chi connectivity index (χ0n) is 11.0. The van der Waals surface area contributed by atoms with Gasteiger partial charge in [-0.1, -0.05) is 61.2 Å². The van der Waals surface area contributed by atoms with E-state index in [4.69, 9.17) is 0 Å². The lowest BCUT2D eigenvalue weighted by molar-refractivity contribution is -0.0686. The van der Waals surface area contributed by atoms with Crippen molar-refractivity contribution in [3.05, 3.63) is 77.9 Å². The van der Waals surface area contributed by atoms with Crippen LogP contribution in [0.3, 0.4) is 0 Å². The topological polar surface area (TPSA) is 0 Å². The van der Waals surface area contributed by atoms with Crippen molar-refractivity contribution >= 4 is 5.57 Å². The van der Waals surface area contributed by atoms with Crippen molar-refractivity contribution in [3.8, 4) is 0 Å². The van der Waals surface area contributed by atoms with Crippen molar-refractivity contribution < 1.29 is 13.2 Å². The Hall–Kier alpha value is -2.03. The van der Waals surface area contributed by atoms with Gasteiger partial charge in [-0.05, 0) is 29.5 Å². The molecule has 0 spiro atoms. The van der Waals surface area contributed by atoms with E-state index in [0.29, 0.717) is 0 Å². The third-order valence-electron chi connectivity index (χ3n) is 3.19. The van der Waals surface area contributed by atoms with Crippen LogP contribution in [0.15, 0.2) is 61.2 Å². The Balaban J connectivity index is 2.00. The molecule has 0 aromatic heterocycles. The largest absolute Gasteiger partial charge is 0.416 e. The molecule has 3 heteroatoms. The van der Waals surface area contributed by atoms with Crippen molar-refractivity contribution in [2.45, 2.75) is 19.0 Å². The summed E-state index contributed by atoms with van der Waals surface area (Å²) in [7, 11) is 0. The average molecular weight is 276 g/mol. The van der Waals surface area contributed by atoms with Crippen molar-refractivity contribution in [3.63, 3.8) is 0 Å². The van der Waals surface area contributed by atoms with Gasteiger partial charge < -0.3 is 0 Å². The Morgan fingerprint density at radius 1 is 0.800 bits per heavy atom. The summed E-state index contributed by atoms with van der Waals surface area (Å²) in [6.07, 6.45) is -2.69. The first-order chi connectivity index (χ1) is 9.47. The molecule has 2 aromatic carbocycles. The second-order valence-electron chi connectivity index (χ2n) is 4.66. The summed E-state index contributed by atoms with van der Waals surface area (Å²) in [5, 5.41) is 0. The number of rotatable bonds is 4. The van der Waals surface area contributed by atoms with Gasteiger partial charge in [0.1, 0.15) is 0 Å². The maximum atomic E-state index is 12.5. The standard InChI is InChI=1S/C17H15F3/c1-13(17(18,19)20)16-11-9-15(10-12-16)8-7-14-5-3-2-4-6-14/h2-6,9-12H,1,7-8H2. The summed E-state index contributed by atoms with van der Waals surface area (Å²) in [5.41, 5.74) is 1.57. The van der Waals surface area contributed by atoms with Crippen LogP contribution < -0.4 is 0 Å². The Morgan fingerprint density at radius 3 is 1.80 bits per heavy atom. The predicted octanol–water partition coefficient (Wildman–Crippen LogP) is 5.05. The highest BCUT2D eigenvalue weighted by molar-refractivity contribution is 5.67. The van der Waals surface area contributed by atoms with E-state index in [9.17, 15) is 13.2 Å². The van der Waals surface area contributed by atoms with E-state index in [1.165, 1.54) is 17.7 Å². The molecule has 0 saturated carbocycles. The van der Waals surface area contributed by atoms with Crippen molar-refractivity contribution in [1.29, 1.82) is 0 Å². The third-order valence-corrected chi connectivity index (χ3v) is 3.19. The van der Waals surface area contributed by atoms with Gasteiger partial charge in [-0.2, -0.15) is 13.2 Å². The second-order valence-corrected chi connectivity index (χ2v) is 4.66. The molecule has 2 rings (SSSR count). The Morgan fingerprint density at radius 2 is 1.30 bits per heavy atom. The summed E-state index contributed by atoms with van der Waals surface area (Å²) >= 11 is 0. The molecular formula is C17H15F3. The van der Waals surface area contributed by atoms with Crippen LogP contribution in [0.1, 0.15) is 16.7 Å². The molecule has 0 radical (unpaired) electrons. The van der Waals surface area contributed by atoms with Gasteiger partial charge in [0.25, 0.3) is 0 Å². The number of halogens is 3. The molecule has 104 valence electrons. The zero-order valence-corrected chi connectivity index (χ0v) is 11.0. The fraction of sp³-hybridized carbons (Fsp3) is 0.176. The maximum absolute atomic E-state index is 12.5. The Kier molecular flexibility index (Phi) is 4.28. The number of aryl methyl sites for hydroxylation is 2. The maximum Gasteiger partial charge on any atom is 0.416 e. The molecule has 0 aliphatic carbocycles. The van der Waals surface area contributed by atoms with E-state index in [0.717, 1.165) is 18.4 Å². The minimum absolute atomic E-state index is 0.126. The molecule has 0 fully saturated rings. The van der Waals surface area contributed by atoms with Gasteiger partial charge >= 0.3 is 6.18 Å². The minimum atomic E-state index is -4.37. The lowest BCUT2D eigenvalue weighted by atomic mass is 10.0. The normalized spacial score (nSPS) is 11.3. The van der Waals surface area contributed by atoms with Crippen LogP contribution in [-0.4, -0.2) is 6.18 Å². The summed E-state index contributed by atoms with van der Waals surface area (Å²) in [6.45, 7) is 3.09. The summed E-state index contributed by atoms with van der Waals surface area (Å²) in [4.78, 5) is 0. The van der Waals surface area contributed by atoms with Crippen molar-refractivity contribution in [1.82, 2.24) is 0 Å². The highest BCUT2D eigenvalue weighted by Crippen LogP contribution is 2.32. The quantitative estimate of drug-likeness (QED) is 0.733. The van der Waals surface area contributed by atoms with Crippen LogP contribution >= 0.6 is 0 Å². The molecule has 0 aliphatic rings. The first kappa shape index (κ1) is 14.4. The number of alkyl halides is 3. The third kappa shape index (κ3) is 3.73. The first-order valence-corrected chi connectivity index (χ1v) is 6.36. The van der Waals surface area contributed by atoms with Crippen molar-refractivity contribution in [2.24, 2.45) is 0 Å². The van der Waals surface area contributed by atoms with Crippen LogP contribution in [0.5, 0.6) is 0 Å². The SMILES string of the molecule is C=C(c1ccc(CCc2ccccc2)cc1)C(F)(F)F. The van der Waals surface area contributed by atoms with E-state index in [2.05, 4.69) is 6.58 Å². The van der Waals surface area contributed by atoms with Crippen LogP contribution in [0.2, 0.25) is 0 Å². The van der Waals surface area contributed by atoms with E-state index < -0.39 is 11.7 Å². The minimum Gasteiger partial charge on any atom is -0.166 e. The number of hydrogen-bond donors (Lipinski definition) is 0. The first-order valence-electron chi connectivity index (χ1n) is 6.36. The Labute approximate surface area is 116 Å². The van der Waals surface area contributed by atoms with Crippen molar-refractivity contribution in [2.75, 3.05) is 0 Å². The van der Waals surface area contributed by atoms with Crippen LogP contribution in [-0.2, 0) is 12.8 Å². The monoisotopic (exact) mass is 276 g/mol. The van der Waals surface area contributed by atoms with Gasteiger partial charge in [-0.25, -0.2) is 0 Å². The van der Waals surface area contributed by atoms with Crippen LogP contribution in [0.4, 0.5) is 13.2 Å². The summed E-state index contributed by atoms with van der Waals surface area (Å²) < 4.78 is 37.5. The van der Waals surface area contributed by atoms with E-state index in [-0.39, 0.29) is 5.56 Å². The molecule has 20 heavy (non-hydrogen) atoms. The van der Waals surface area contributed by atoms with E-state index in [1.54, 1.807) is 12.1 Å². The van der Waals surface area contributed by atoms with Gasteiger partial charge in [-0.3, -0.25) is 0 Å². The molecule has 0 atom stereocenters. The summed E-state index contributed by atoms with van der Waals surface area (Å²) in [6, 6.07) is 16.4. The number of hydrogen-bond acceptors (Lipinski definition) is 0. The van der Waals surface area contributed by atoms with E-state index in [1.807, 2.05) is 30.3 Å². The molecule has 0 heterocycles. The second kappa shape index (κ2) is 5.95. The fourth-order valence-electron chi connectivity index (χ4n) is 1.97. The van der Waals surface area contributed by atoms with E-state index >= 15 is 0 Å². The molecule has 0 aliphatic heterocycles. The van der Waals surface area contributed by atoms with Gasteiger partial charge in [0.2, 0.25) is 0 Å². The van der Waals surface area contributed by atoms with Gasteiger partial charge in [0, 0.05) is 0 Å². The zero-order chi connectivity index (χ0) is 14.6. The summed E-state index contributed by atoms with van der Waals surface area (Å²) in [5.74, 6) is 0. The van der Waals surface area contributed by atoms with Gasteiger partial charge in [0.05, 0.1) is 5.57 Å². The molecule has 0 unspecified atom stereocenters. The molecule has 2 aromatic rings. The highest BCUT2D eigenvalue weighted by Gasteiger charge is 2.32. The molecule has 0 bridgehead atoms. The fourth-order valence-corrected chi connectivity index (χ4v) is 1.97. The number of allylic oxidation sites excluding steroid dienone is 1. The highest BCUT2D eigenvalue weighted by atomic mass is 19.4. The van der Waals surface area contributed by atoms with Gasteiger partial charge in [-0.15, -0.1) is 0 Å². The smallest absolute Gasteiger partial charge is 0.166 e. The Bertz CT molecular complexity index is 565. The number of benzene rings is 2. The molecular weight excluding hydrogens is 261 g/mol. The average Bonchev–Trinajstić information content (AvgIpc) is 2.45.